The van der Waals surface area contributed by atoms with Crippen molar-refractivity contribution in [2.75, 3.05) is 19.6 Å². The van der Waals surface area contributed by atoms with Gasteiger partial charge in [0, 0.05) is 25.0 Å². The second kappa shape index (κ2) is 4.12. The molecule has 2 rings (SSSR count). The number of carbonyl (C=O) groups is 2. The molecule has 0 aromatic carbocycles. The number of hydrogen-bond acceptors (Lipinski definition) is 3. The van der Waals surface area contributed by atoms with Gasteiger partial charge < -0.3 is 10.2 Å². The third kappa shape index (κ3) is 2.34. The predicted octanol–water partition coefficient (Wildman–Crippen LogP) is -1.09. The number of amides is 2. The van der Waals surface area contributed by atoms with Crippen LogP contribution in [0.1, 0.15) is 5.69 Å². The van der Waals surface area contributed by atoms with Crippen molar-refractivity contribution in [1.29, 1.82) is 0 Å². The molecular formula is C9H12N4O2. The summed E-state index contributed by atoms with van der Waals surface area (Å²) in [6.45, 7) is 1.28. The Morgan fingerprint density at radius 3 is 3.13 bits per heavy atom. The van der Waals surface area contributed by atoms with Crippen LogP contribution in [-0.4, -0.2) is 46.5 Å². The Morgan fingerprint density at radius 1 is 1.60 bits per heavy atom. The number of nitrogens with one attached hydrogen (secondary N) is 2. The van der Waals surface area contributed by atoms with Crippen LogP contribution < -0.4 is 5.32 Å². The number of H-pyrrole nitrogens is 1. The molecule has 1 fully saturated rings. The number of aromatic nitrogens is 2. The highest BCUT2D eigenvalue weighted by molar-refractivity contribution is 5.86. The standard InChI is InChI=1S/C9H12N4O2/c14-8-6-13(4-3-10-8)9(15)5-7-1-2-11-12-7/h1-2H,3-6H2,(H,10,14)(H,11,12). The van der Waals surface area contributed by atoms with Gasteiger partial charge in [-0.3, -0.25) is 14.7 Å². The molecular weight excluding hydrogens is 196 g/mol. The van der Waals surface area contributed by atoms with Gasteiger partial charge in [-0.15, -0.1) is 0 Å². The van der Waals surface area contributed by atoms with Crippen LogP contribution in [0.4, 0.5) is 0 Å². The van der Waals surface area contributed by atoms with Crippen LogP contribution in [0.5, 0.6) is 0 Å². The molecule has 80 valence electrons. The van der Waals surface area contributed by atoms with E-state index in [0.717, 1.165) is 5.69 Å². The van der Waals surface area contributed by atoms with E-state index in [0.29, 0.717) is 13.1 Å². The normalized spacial score (nSPS) is 16.3. The predicted molar refractivity (Wildman–Crippen MR) is 51.9 cm³/mol. The molecule has 1 aliphatic heterocycles. The molecule has 2 N–H and O–H groups in total. The van der Waals surface area contributed by atoms with Crippen LogP contribution in [0.15, 0.2) is 12.3 Å². The van der Waals surface area contributed by atoms with Crippen molar-refractivity contribution in [1.82, 2.24) is 20.4 Å². The first kappa shape index (κ1) is 9.70. The molecule has 0 unspecified atom stereocenters. The lowest BCUT2D eigenvalue weighted by Gasteiger charge is -2.26. The van der Waals surface area contributed by atoms with Crippen LogP contribution in [0, 0.1) is 0 Å². The minimum atomic E-state index is -0.0980. The highest BCUT2D eigenvalue weighted by Gasteiger charge is 2.21. The van der Waals surface area contributed by atoms with Gasteiger partial charge in [-0.25, -0.2) is 0 Å². The average Bonchev–Trinajstić information content (AvgIpc) is 2.70. The molecule has 15 heavy (non-hydrogen) atoms. The molecule has 1 aliphatic rings. The van der Waals surface area contributed by atoms with Gasteiger partial charge in [0.05, 0.1) is 13.0 Å². The van der Waals surface area contributed by atoms with Gasteiger partial charge in [-0.05, 0) is 6.07 Å². The van der Waals surface area contributed by atoms with Crippen LogP contribution >= 0.6 is 0 Å². The number of piperazine rings is 1. The van der Waals surface area contributed by atoms with E-state index in [-0.39, 0.29) is 24.8 Å². The monoisotopic (exact) mass is 208 g/mol. The largest absolute Gasteiger partial charge is 0.353 e. The summed E-state index contributed by atoms with van der Waals surface area (Å²) >= 11 is 0. The Kier molecular flexibility index (Phi) is 2.66. The Labute approximate surface area is 86.6 Å². The first-order valence-electron chi connectivity index (χ1n) is 4.78. The van der Waals surface area contributed by atoms with E-state index in [9.17, 15) is 9.59 Å². The number of carbonyl (C=O) groups excluding carboxylic acids is 2. The Hall–Kier alpha value is -1.85. The second-order valence-corrected chi connectivity index (χ2v) is 3.42. The summed E-state index contributed by atoms with van der Waals surface area (Å²) in [5.41, 5.74) is 0.769. The highest BCUT2D eigenvalue weighted by atomic mass is 16.2. The Bertz CT molecular complexity index is 360. The molecule has 0 atom stereocenters. The van der Waals surface area contributed by atoms with E-state index in [1.54, 1.807) is 17.2 Å². The van der Waals surface area contributed by atoms with E-state index in [4.69, 9.17) is 0 Å². The summed E-state index contributed by atoms with van der Waals surface area (Å²) < 4.78 is 0. The zero-order chi connectivity index (χ0) is 10.7. The van der Waals surface area contributed by atoms with Gasteiger partial charge in [0.1, 0.15) is 0 Å². The van der Waals surface area contributed by atoms with Crippen LogP contribution in [0.3, 0.4) is 0 Å². The van der Waals surface area contributed by atoms with Crippen LogP contribution in [-0.2, 0) is 16.0 Å². The molecule has 0 saturated carbocycles. The summed E-state index contributed by atoms with van der Waals surface area (Å²) in [7, 11) is 0. The minimum absolute atomic E-state index is 0.0471. The highest BCUT2D eigenvalue weighted by Crippen LogP contribution is 2.00. The number of hydrogen-bond donors (Lipinski definition) is 2. The maximum Gasteiger partial charge on any atom is 0.239 e. The second-order valence-electron chi connectivity index (χ2n) is 3.42. The number of rotatable bonds is 2. The van der Waals surface area contributed by atoms with Gasteiger partial charge >= 0.3 is 0 Å². The third-order valence-corrected chi connectivity index (χ3v) is 2.29. The van der Waals surface area contributed by atoms with E-state index in [2.05, 4.69) is 15.5 Å². The lowest BCUT2D eigenvalue weighted by Crippen LogP contribution is -2.50. The van der Waals surface area contributed by atoms with Gasteiger partial charge in [0.15, 0.2) is 0 Å². The summed E-state index contributed by atoms with van der Waals surface area (Å²) in [4.78, 5) is 24.3. The van der Waals surface area contributed by atoms with Crippen molar-refractivity contribution in [3.8, 4) is 0 Å². The number of nitrogens with zero attached hydrogens (tertiary/aromatic N) is 2. The Morgan fingerprint density at radius 2 is 2.47 bits per heavy atom. The van der Waals surface area contributed by atoms with Gasteiger partial charge in [0.25, 0.3) is 0 Å². The van der Waals surface area contributed by atoms with Crippen molar-refractivity contribution < 1.29 is 9.59 Å². The first-order valence-corrected chi connectivity index (χ1v) is 4.78. The van der Waals surface area contributed by atoms with Crippen molar-refractivity contribution in [3.63, 3.8) is 0 Å². The zero-order valence-corrected chi connectivity index (χ0v) is 8.19. The summed E-state index contributed by atoms with van der Waals surface area (Å²) in [6.07, 6.45) is 1.87. The maximum atomic E-state index is 11.7. The van der Waals surface area contributed by atoms with Crippen LogP contribution in [0.25, 0.3) is 0 Å². The molecule has 0 radical (unpaired) electrons. The number of aromatic amines is 1. The van der Waals surface area contributed by atoms with E-state index >= 15 is 0 Å². The molecule has 2 heterocycles. The molecule has 6 nitrogen and oxygen atoms in total. The molecule has 1 saturated heterocycles. The minimum Gasteiger partial charge on any atom is -0.353 e. The molecule has 0 bridgehead atoms. The topological polar surface area (TPSA) is 78.1 Å². The summed E-state index contributed by atoms with van der Waals surface area (Å²) in [5, 5.41) is 9.15. The van der Waals surface area contributed by atoms with Crippen molar-refractivity contribution in [2.24, 2.45) is 0 Å². The van der Waals surface area contributed by atoms with Gasteiger partial charge in [-0.2, -0.15) is 5.10 Å². The maximum absolute atomic E-state index is 11.7. The lowest BCUT2D eigenvalue weighted by atomic mass is 10.2. The molecule has 6 heteroatoms. The first-order chi connectivity index (χ1) is 7.25. The van der Waals surface area contributed by atoms with Gasteiger partial charge in [-0.1, -0.05) is 0 Å². The smallest absolute Gasteiger partial charge is 0.239 e. The van der Waals surface area contributed by atoms with E-state index < -0.39 is 0 Å². The van der Waals surface area contributed by atoms with Crippen molar-refractivity contribution in [2.45, 2.75) is 6.42 Å². The fourth-order valence-electron chi connectivity index (χ4n) is 1.51. The lowest BCUT2D eigenvalue weighted by molar-refractivity contribution is -0.137. The van der Waals surface area contributed by atoms with Crippen LogP contribution in [0.2, 0.25) is 0 Å². The average molecular weight is 208 g/mol. The molecule has 1 aromatic rings. The van der Waals surface area contributed by atoms with E-state index in [1.165, 1.54) is 0 Å². The Balaban J connectivity index is 1.93. The molecule has 2 amide bonds. The third-order valence-electron chi connectivity index (χ3n) is 2.29. The SMILES string of the molecule is O=C1CN(C(=O)Cc2ccn[nH]2)CCN1. The van der Waals surface area contributed by atoms with E-state index in [1.807, 2.05) is 0 Å². The van der Waals surface area contributed by atoms with Crippen molar-refractivity contribution >= 4 is 11.8 Å². The van der Waals surface area contributed by atoms with Gasteiger partial charge in [0.2, 0.25) is 11.8 Å². The summed E-state index contributed by atoms with van der Waals surface area (Å²) in [5.74, 6) is -0.145. The molecule has 0 aliphatic carbocycles. The fourth-order valence-corrected chi connectivity index (χ4v) is 1.51. The molecule has 0 spiro atoms. The summed E-state index contributed by atoms with van der Waals surface area (Å²) in [6, 6.07) is 1.75. The quantitative estimate of drug-likeness (QED) is 0.648. The van der Waals surface area contributed by atoms with Crippen molar-refractivity contribution in [3.05, 3.63) is 18.0 Å². The molecule has 1 aromatic heterocycles. The zero-order valence-electron chi connectivity index (χ0n) is 8.19. The fraction of sp³-hybridized carbons (Fsp3) is 0.444.